The maximum absolute atomic E-state index is 12.9. The summed E-state index contributed by atoms with van der Waals surface area (Å²) in [7, 11) is 0. The molecule has 0 aromatic heterocycles. The van der Waals surface area contributed by atoms with Crippen LogP contribution in [0.25, 0.3) is 0 Å². The van der Waals surface area contributed by atoms with E-state index in [0.29, 0.717) is 11.3 Å². The first-order chi connectivity index (χ1) is 11.5. The zero-order valence-electron chi connectivity index (χ0n) is 13.3. The number of halogens is 1. The molecule has 2 aromatic carbocycles. The second-order valence-corrected chi connectivity index (χ2v) is 5.88. The maximum Gasteiger partial charge on any atom is 0.338 e. The predicted molar refractivity (Wildman–Crippen MR) is 88.4 cm³/mol. The molecule has 2 aromatic rings. The van der Waals surface area contributed by atoms with Gasteiger partial charge >= 0.3 is 5.97 Å². The molecule has 0 heterocycles. The van der Waals surface area contributed by atoms with Crippen LogP contribution in [0.5, 0.6) is 0 Å². The van der Waals surface area contributed by atoms with Crippen LogP contribution in [0.3, 0.4) is 0 Å². The fourth-order valence-corrected chi connectivity index (χ4v) is 2.76. The van der Waals surface area contributed by atoms with E-state index in [9.17, 15) is 14.0 Å². The van der Waals surface area contributed by atoms with Crippen molar-refractivity contribution >= 4 is 17.6 Å². The Bertz CT molecular complexity index is 771. The summed E-state index contributed by atoms with van der Waals surface area (Å²) in [5, 5.41) is 2.58. The van der Waals surface area contributed by atoms with Crippen LogP contribution in [0.15, 0.2) is 42.5 Å². The zero-order valence-corrected chi connectivity index (χ0v) is 13.3. The second kappa shape index (κ2) is 6.83. The summed E-state index contributed by atoms with van der Waals surface area (Å²) in [6.45, 7) is 1.50. The first kappa shape index (κ1) is 16.2. The predicted octanol–water partition coefficient (Wildman–Crippen LogP) is 3.50. The van der Waals surface area contributed by atoms with Crippen molar-refractivity contribution in [3.63, 3.8) is 0 Å². The van der Waals surface area contributed by atoms with Crippen molar-refractivity contribution in [1.29, 1.82) is 0 Å². The standard InChI is InChI=1S/C19H18FNO3/c1-12(18(22)21-17-9-7-16(20)8-10-17)24-19(23)15-6-5-13-3-2-4-14(13)11-15/h5-12H,2-4H2,1H3,(H,21,22)/t12-/m1/s1. The molecular weight excluding hydrogens is 309 g/mol. The van der Waals surface area contributed by atoms with Crippen molar-refractivity contribution in [3.8, 4) is 0 Å². The van der Waals surface area contributed by atoms with E-state index in [2.05, 4.69) is 5.32 Å². The normalized spacial score (nSPS) is 13.9. The Labute approximate surface area is 139 Å². The Balaban J connectivity index is 1.61. The fraction of sp³-hybridized carbons (Fsp3) is 0.263. The van der Waals surface area contributed by atoms with Crippen LogP contribution in [-0.4, -0.2) is 18.0 Å². The van der Waals surface area contributed by atoms with Crippen LogP contribution in [0.4, 0.5) is 10.1 Å². The highest BCUT2D eigenvalue weighted by atomic mass is 19.1. The first-order valence-electron chi connectivity index (χ1n) is 7.92. The minimum absolute atomic E-state index is 0.385. The molecule has 3 rings (SSSR count). The lowest BCUT2D eigenvalue weighted by Gasteiger charge is -2.14. The molecule has 0 radical (unpaired) electrons. The average molecular weight is 327 g/mol. The average Bonchev–Trinajstić information content (AvgIpc) is 3.04. The van der Waals surface area contributed by atoms with Gasteiger partial charge in [0, 0.05) is 5.69 Å². The Morgan fingerprint density at radius 3 is 2.54 bits per heavy atom. The van der Waals surface area contributed by atoms with Crippen molar-refractivity contribution < 1.29 is 18.7 Å². The summed E-state index contributed by atoms with van der Waals surface area (Å²) >= 11 is 0. The molecule has 1 aliphatic rings. The van der Waals surface area contributed by atoms with Gasteiger partial charge in [-0.15, -0.1) is 0 Å². The van der Waals surface area contributed by atoms with Crippen LogP contribution >= 0.6 is 0 Å². The SMILES string of the molecule is C[C@@H](OC(=O)c1ccc2c(c1)CCC2)C(=O)Nc1ccc(F)cc1. The first-order valence-corrected chi connectivity index (χ1v) is 7.92. The smallest absolute Gasteiger partial charge is 0.338 e. The molecule has 4 nitrogen and oxygen atoms in total. The Morgan fingerprint density at radius 2 is 1.79 bits per heavy atom. The van der Waals surface area contributed by atoms with E-state index in [4.69, 9.17) is 4.74 Å². The van der Waals surface area contributed by atoms with Crippen LogP contribution < -0.4 is 5.32 Å². The molecule has 1 aliphatic carbocycles. The van der Waals surface area contributed by atoms with E-state index < -0.39 is 18.0 Å². The number of fused-ring (bicyclic) bond motifs is 1. The number of benzene rings is 2. The van der Waals surface area contributed by atoms with E-state index in [0.717, 1.165) is 19.3 Å². The molecule has 5 heteroatoms. The fourth-order valence-electron chi connectivity index (χ4n) is 2.76. The minimum Gasteiger partial charge on any atom is -0.449 e. The lowest BCUT2D eigenvalue weighted by atomic mass is 10.1. The van der Waals surface area contributed by atoms with Gasteiger partial charge in [-0.05, 0) is 73.7 Å². The summed E-state index contributed by atoms with van der Waals surface area (Å²) < 4.78 is 18.1. The van der Waals surface area contributed by atoms with E-state index in [-0.39, 0.29) is 5.82 Å². The monoisotopic (exact) mass is 327 g/mol. The number of hydrogen-bond donors (Lipinski definition) is 1. The zero-order chi connectivity index (χ0) is 17.1. The van der Waals surface area contributed by atoms with Gasteiger partial charge in [0.05, 0.1) is 5.56 Å². The summed E-state index contributed by atoms with van der Waals surface area (Å²) in [6.07, 6.45) is 2.17. The van der Waals surface area contributed by atoms with Crippen LogP contribution in [-0.2, 0) is 22.4 Å². The third-order valence-electron chi connectivity index (χ3n) is 4.10. The van der Waals surface area contributed by atoms with Gasteiger partial charge in [-0.1, -0.05) is 6.07 Å². The highest BCUT2D eigenvalue weighted by Crippen LogP contribution is 2.23. The molecule has 124 valence electrons. The Hall–Kier alpha value is -2.69. The Kier molecular flexibility index (Phi) is 4.60. The van der Waals surface area contributed by atoms with Crippen LogP contribution in [0.1, 0.15) is 34.8 Å². The molecule has 0 saturated carbocycles. The van der Waals surface area contributed by atoms with Gasteiger partial charge in [0.1, 0.15) is 5.82 Å². The summed E-state index contributed by atoms with van der Waals surface area (Å²) in [4.78, 5) is 24.3. The van der Waals surface area contributed by atoms with Gasteiger partial charge in [-0.2, -0.15) is 0 Å². The van der Waals surface area contributed by atoms with Gasteiger partial charge < -0.3 is 10.1 Å². The number of rotatable bonds is 4. The number of aryl methyl sites for hydroxylation is 2. The second-order valence-electron chi connectivity index (χ2n) is 5.88. The maximum atomic E-state index is 12.9. The van der Waals surface area contributed by atoms with E-state index >= 15 is 0 Å². The van der Waals surface area contributed by atoms with Crippen LogP contribution in [0.2, 0.25) is 0 Å². The van der Waals surface area contributed by atoms with Crippen molar-refractivity contribution in [1.82, 2.24) is 0 Å². The number of carbonyl (C=O) groups excluding carboxylic acids is 2. The minimum atomic E-state index is -0.948. The summed E-state index contributed by atoms with van der Waals surface area (Å²) in [5.74, 6) is -1.37. The molecule has 24 heavy (non-hydrogen) atoms. The molecule has 0 aliphatic heterocycles. The lowest BCUT2D eigenvalue weighted by Crippen LogP contribution is -2.30. The van der Waals surface area contributed by atoms with Gasteiger partial charge in [0.15, 0.2) is 6.10 Å². The molecule has 1 atom stereocenters. The number of amides is 1. The molecule has 1 N–H and O–H groups in total. The Morgan fingerprint density at radius 1 is 1.08 bits per heavy atom. The van der Waals surface area contributed by atoms with E-state index in [1.807, 2.05) is 12.1 Å². The lowest BCUT2D eigenvalue weighted by molar-refractivity contribution is -0.123. The number of hydrogen-bond acceptors (Lipinski definition) is 3. The van der Waals surface area contributed by atoms with Gasteiger partial charge in [0.2, 0.25) is 0 Å². The molecule has 0 saturated heterocycles. The highest BCUT2D eigenvalue weighted by molar-refractivity contribution is 5.97. The van der Waals surface area contributed by atoms with Crippen molar-refractivity contribution in [2.75, 3.05) is 5.32 Å². The number of carbonyl (C=O) groups is 2. The van der Waals surface area contributed by atoms with Crippen molar-refractivity contribution in [3.05, 3.63) is 65.0 Å². The van der Waals surface area contributed by atoms with Gasteiger partial charge in [-0.25, -0.2) is 9.18 Å². The molecule has 0 unspecified atom stereocenters. The summed E-state index contributed by atoms with van der Waals surface area (Å²) in [6, 6.07) is 10.9. The largest absolute Gasteiger partial charge is 0.449 e. The number of ether oxygens (including phenoxy) is 1. The van der Waals surface area contributed by atoms with Crippen LogP contribution in [0, 0.1) is 5.82 Å². The molecule has 0 fully saturated rings. The molecular formula is C19H18FNO3. The third-order valence-corrected chi connectivity index (χ3v) is 4.10. The number of esters is 1. The summed E-state index contributed by atoms with van der Waals surface area (Å²) in [5.41, 5.74) is 3.35. The molecule has 0 spiro atoms. The van der Waals surface area contributed by atoms with E-state index in [1.54, 1.807) is 6.07 Å². The molecule has 1 amide bonds. The van der Waals surface area contributed by atoms with Gasteiger partial charge in [0.25, 0.3) is 5.91 Å². The topological polar surface area (TPSA) is 55.4 Å². The van der Waals surface area contributed by atoms with Crippen molar-refractivity contribution in [2.24, 2.45) is 0 Å². The number of nitrogens with one attached hydrogen (secondary N) is 1. The third kappa shape index (κ3) is 3.62. The van der Waals surface area contributed by atoms with E-state index in [1.165, 1.54) is 42.3 Å². The van der Waals surface area contributed by atoms with Crippen molar-refractivity contribution in [2.45, 2.75) is 32.3 Å². The van der Waals surface area contributed by atoms with Gasteiger partial charge in [-0.3, -0.25) is 4.79 Å². The number of anilines is 1. The molecule has 0 bridgehead atoms. The quantitative estimate of drug-likeness (QED) is 0.875. The highest BCUT2D eigenvalue weighted by Gasteiger charge is 2.20.